The largest absolute Gasteiger partial charge is 0.416 e. The minimum atomic E-state index is -4.70. The lowest BCUT2D eigenvalue weighted by molar-refractivity contribution is -0.137. The van der Waals surface area contributed by atoms with Gasteiger partial charge >= 0.3 is 6.18 Å². The number of hydrogen-bond donors (Lipinski definition) is 0. The Morgan fingerprint density at radius 1 is 0.969 bits per heavy atom. The highest BCUT2D eigenvalue weighted by Gasteiger charge is 2.34. The molecule has 0 radical (unpaired) electrons. The average Bonchev–Trinajstić information content (AvgIpc) is 2.75. The molecule has 0 fully saturated rings. The summed E-state index contributed by atoms with van der Waals surface area (Å²) in [5.41, 5.74) is 0.106. The number of fused-ring (bicyclic) bond motifs is 1. The van der Waals surface area contributed by atoms with Crippen LogP contribution in [0.15, 0.2) is 59.5 Å². The van der Waals surface area contributed by atoms with Crippen molar-refractivity contribution in [3.8, 4) is 11.1 Å². The van der Waals surface area contributed by atoms with Crippen LogP contribution in [0.2, 0.25) is 5.02 Å². The molecule has 0 bridgehead atoms. The zero-order valence-corrected chi connectivity index (χ0v) is 17.8. The Morgan fingerprint density at radius 2 is 1.72 bits per heavy atom. The SMILES string of the molecule is O=S(=O)(c1cccc(C(F)(F)F)c1)N1CCCc2ccc(-c3cc(F)cc(F)c3Cl)cc21. The van der Waals surface area contributed by atoms with Crippen LogP contribution in [0.25, 0.3) is 11.1 Å². The molecule has 0 saturated carbocycles. The van der Waals surface area contributed by atoms with Gasteiger partial charge in [0.25, 0.3) is 10.0 Å². The van der Waals surface area contributed by atoms with Crippen molar-refractivity contribution in [3.05, 3.63) is 82.4 Å². The van der Waals surface area contributed by atoms with Gasteiger partial charge in [0, 0.05) is 18.2 Å². The molecule has 10 heteroatoms. The number of benzene rings is 3. The first-order chi connectivity index (χ1) is 15.0. The number of anilines is 1. The summed E-state index contributed by atoms with van der Waals surface area (Å²) in [5.74, 6) is -1.82. The van der Waals surface area contributed by atoms with Crippen molar-refractivity contribution in [1.29, 1.82) is 0 Å². The van der Waals surface area contributed by atoms with E-state index in [1.54, 1.807) is 12.1 Å². The van der Waals surface area contributed by atoms with Crippen LogP contribution in [-0.2, 0) is 22.6 Å². The van der Waals surface area contributed by atoms with E-state index in [4.69, 9.17) is 11.6 Å². The number of hydrogen-bond acceptors (Lipinski definition) is 2. The lowest BCUT2D eigenvalue weighted by atomic mass is 9.97. The van der Waals surface area contributed by atoms with Gasteiger partial charge in [0.2, 0.25) is 0 Å². The normalized spacial score (nSPS) is 14.4. The Labute approximate surface area is 186 Å². The van der Waals surface area contributed by atoms with Crippen molar-refractivity contribution >= 4 is 27.3 Å². The van der Waals surface area contributed by atoms with E-state index in [1.165, 1.54) is 6.07 Å². The van der Waals surface area contributed by atoms with E-state index in [2.05, 4.69) is 0 Å². The van der Waals surface area contributed by atoms with Gasteiger partial charge in [-0.15, -0.1) is 0 Å². The summed E-state index contributed by atoms with van der Waals surface area (Å²) >= 11 is 5.99. The summed E-state index contributed by atoms with van der Waals surface area (Å²) in [6.07, 6.45) is -3.70. The van der Waals surface area contributed by atoms with Gasteiger partial charge in [-0.1, -0.05) is 29.8 Å². The minimum absolute atomic E-state index is 0.0361. The maximum Gasteiger partial charge on any atom is 0.416 e. The third-order valence-corrected chi connectivity index (χ3v) is 7.41. The van der Waals surface area contributed by atoms with E-state index in [-0.39, 0.29) is 28.4 Å². The molecule has 0 unspecified atom stereocenters. The molecule has 3 nitrogen and oxygen atoms in total. The quantitative estimate of drug-likeness (QED) is 0.315. The van der Waals surface area contributed by atoms with Crippen molar-refractivity contribution in [2.45, 2.75) is 23.9 Å². The molecule has 1 aliphatic rings. The average molecular weight is 488 g/mol. The van der Waals surface area contributed by atoms with Crippen molar-refractivity contribution < 1.29 is 30.4 Å². The zero-order chi connectivity index (χ0) is 23.3. The molecular weight excluding hydrogens is 473 g/mol. The van der Waals surface area contributed by atoms with Crippen molar-refractivity contribution in [1.82, 2.24) is 0 Å². The number of halogens is 6. The molecule has 0 spiro atoms. The minimum Gasteiger partial charge on any atom is -0.266 e. The second kappa shape index (κ2) is 8.04. The Hall–Kier alpha value is -2.65. The molecule has 0 atom stereocenters. The van der Waals surface area contributed by atoms with E-state index in [0.717, 1.165) is 28.6 Å². The summed E-state index contributed by atoms with van der Waals surface area (Å²) in [5, 5.41) is -0.325. The molecule has 0 aromatic heterocycles. The second-order valence-corrected chi connectivity index (χ2v) is 9.54. The lowest BCUT2D eigenvalue weighted by Gasteiger charge is -2.31. The van der Waals surface area contributed by atoms with Gasteiger partial charge in [-0.05, 0) is 54.3 Å². The predicted octanol–water partition coefficient (Wildman–Crippen LogP) is 6.45. The Balaban J connectivity index is 1.83. The third-order valence-electron chi connectivity index (χ3n) is 5.21. The number of aryl methyl sites for hydroxylation is 1. The molecule has 4 rings (SSSR count). The number of sulfonamides is 1. The molecule has 0 amide bonds. The Kier molecular flexibility index (Phi) is 5.67. The van der Waals surface area contributed by atoms with E-state index >= 15 is 0 Å². The highest BCUT2D eigenvalue weighted by molar-refractivity contribution is 7.92. The Morgan fingerprint density at radius 3 is 2.44 bits per heavy atom. The van der Waals surface area contributed by atoms with Crippen molar-refractivity contribution in [2.75, 3.05) is 10.8 Å². The molecule has 3 aromatic rings. The van der Waals surface area contributed by atoms with Gasteiger partial charge in [0.15, 0.2) is 0 Å². The van der Waals surface area contributed by atoms with Gasteiger partial charge in [0.05, 0.1) is 21.2 Å². The topological polar surface area (TPSA) is 37.4 Å². The first kappa shape index (κ1) is 22.5. The maximum atomic E-state index is 13.9. The third kappa shape index (κ3) is 4.06. The molecule has 0 aliphatic carbocycles. The van der Waals surface area contributed by atoms with E-state index in [0.29, 0.717) is 30.5 Å². The molecule has 32 heavy (non-hydrogen) atoms. The van der Waals surface area contributed by atoms with Crippen LogP contribution in [0.5, 0.6) is 0 Å². The fourth-order valence-electron chi connectivity index (χ4n) is 3.68. The summed E-state index contributed by atoms with van der Waals surface area (Å²) in [4.78, 5) is -0.500. The number of rotatable bonds is 3. The Bertz CT molecular complexity index is 1310. The molecule has 1 heterocycles. The molecule has 1 aliphatic heterocycles. The summed E-state index contributed by atoms with van der Waals surface area (Å²) in [6.45, 7) is 0.0419. The predicted molar refractivity (Wildman–Crippen MR) is 111 cm³/mol. The number of alkyl halides is 3. The first-order valence-corrected chi connectivity index (χ1v) is 11.3. The second-order valence-electron chi connectivity index (χ2n) is 7.30. The molecule has 168 valence electrons. The van der Waals surface area contributed by atoms with Crippen LogP contribution in [0, 0.1) is 11.6 Å². The van der Waals surface area contributed by atoms with Crippen LogP contribution in [-0.4, -0.2) is 15.0 Å². The molecule has 0 saturated heterocycles. The first-order valence-electron chi connectivity index (χ1n) is 9.46. The van der Waals surface area contributed by atoms with Crippen molar-refractivity contribution in [2.24, 2.45) is 0 Å². The highest BCUT2D eigenvalue weighted by atomic mass is 35.5. The lowest BCUT2D eigenvalue weighted by Crippen LogP contribution is -2.35. The van der Waals surface area contributed by atoms with Crippen LogP contribution < -0.4 is 4.31 Å². The maximum absolute atomic E-state index is 13.9. The summed E-state index contributed by atoms with van der Waals surface area (Å²) < 4.78 is 94.5. The van der Waals surface area contributed by atoms with Crippen LogP contribution in [0.4, 0.5) is 27.6 Å². The van der Waals surface area contributed by atoms with Gasteiger partial charge < -0.3 is 0 Å². The standard InChI is InChI=1S/C22H15ClF5NO2S/c23-21-18(11-16(24)12-19(21)25)14-7-6-13-3-2-8-29(20(13)9-14)32(30,31)17-5-1-4-15(10-17)22(26,27)28/h1,4-7,9-12H,2-3,8H2. The van der Waals surface area contributed by atoms with E-state index in [1.807, 2.05) is 0 Å². The molecule has 0 N–H and O–H groups in total. The van der Waals surface area contributed by atoms with E-state index in [9.17, 15) is 30.4 Å². The van der Waals surface area contributed by atoms with Crippen LogP contribution >= 0.6 is 11.6 Å². The number of nitrogens with zero attached hydrogens (tertiary/aromatic N) is 1. The van der Waals surface area contributed by atoms with Crippen molar-refractivity contribution in [3.63, 3.8) is 0 Å². The smallest absolute Gasteiger partial charge is 0.266 e. The molecule has 3 aromatic carbocycles. The van der Waals surface area contributed by atoms with E-state index < -0.39 is 38.3 Å². The highest BCUT2D eigenvalue weighted by Crippen LogP contribution is 2.39. The molecular formula is C22H15ClF5NO2S. The summed E-state index contributed by atoms with van der Waals surface area (Å²) in [7, 11) is -4.33. The van der Waals surface area contributed by atoms with Gasteiger partial charge in [-0.2, -0.15) is 13.2 Å². The zero-order valence-electron chi connectivity index (χ0n) is 16.3. The van der Waals surface area contributed by atoms with Gasteiger partial charge in [-0.3, -0.25) is 4.31 Å². The van der Waals surface area contributed by atoms with Crippen LogP contribution in [0.1, 0.15) is 17.5 Å². The fourth-order valence-corrected chi connectivity index (χ4v) is 5.48. The fraction of sp³-hybridized carbons (Fsp3) is 0.182. The monoisotopic (exact) mass is 487 g/mol. The van der Waals surface area contributed by atoms with Gasteiger partial charge in [0.1, 0.15) is 11.6 Å². The van der Waals surface area contributed by atoms with Crippen LogP contribution in [0.3, 0.4) is 0 Å². The summed E-state index contributed by atoms with van der Waals surface area (Å²) in [6, 6.07) is 9.80. The van der Waals surface area contributed by atoms with Gasteiger partial charge in [-0.25, -0.2) is 17.2 Å².